The van der Waals surface area contributed by atoms with Crippen molar-refractivity contribution in [1.29, 1.82) is 0 Å². The Bertz CT molecular complexity index is 741. The Morgan fingerprint density at radius 3 is 2.29 bits per heavy atom. The van der Waals surface area contributed by atoms with Gasteiger partial charge < -0.3 is 14.5 Å². The zero-order chi connectivity index (χ0) is 20.3. The number of quaternary nitrogens is 1. The fourth-order valence-corrected chi connectivity index (χ4v) is 4.01. The highest BCUT2D eigenvalue weighted by atomic mass is 16.5. The number of piperazine rings is 1. The van der Waals surface area contributed by atoms with E-state index in [1.807, 2.05) is 16.8 Å². The number of methoxy groups -OCH3 is 1. The first-order valence-corrected chi connectivity index (χ1v) is 10.3. The third-order valence-electron chi connectivity index (χ3n) is 5.48. The third kappa shape index (κ3) is 4.63. The first-order chi connectivity index (χ1) is 13.3. The van der Waals surface area contributed by atoms with Crippen molar-refractivity contribution < 1.29 is 9.64 Å². The number of benzene rings is 1. The van der Waals surface area contributed by atoms with Gasteiger partial charge >= 0.3 is 0 Å². The molecule has 7 heteroatoms. The summed E-state index contributed by atoms with van der Waals surface area (Å²) < 4.78 is 7.29. The molecule has 1 fully saturated rings. The lowest BCUT2D eigenvalue weighted by Crippen LogP contribution is -3.15. The molecule has 2 heterocycles. The summed E-state index contributed by atoms with van der Waals surface area (Å²) in [6, 6.07) is 8.69. The Morgan fingerprint density at radius 1 is 1.11 bits per heavy atom. The molecule has 7 nitrogen and oxygen atoms in total. The van der Waals surface area contributed by atoms with Crippen LogP contribution in [0.3, 0.4) is 0 Å². The van der Waals surface area contributed by atoms with Gasteiger partial charge in [-0.25, -0.2) is 4.68 Å². The normalized spacial score (nSPS) is 17.2. The lowest BCUT2D eigenvalue weighted by Gasteiger charge is -2.38. The van der Waals surface area contributed by atoms with E-state index in [4.69, 9.17) is 4.74 Å². The minimum atomic E-state index is -0.113. The summed E-state index contributed by atoms with van der Waals surface area (Å²) in [7, 11) is 1.71. The molecule has 28 heavy (non-hydrogen) atoms. The van der Waals surface area contributed by atoms with E-state index in [1.165, 1.54) is 5.69 Å². The number of anilines is 1. The molecule has 0 unspecified atom stereocenters. The number of tetrazole rings is 1. The van der Waals surface area contributed by atoms with Crippen LogP contribution >= 0.6 is 0 Å². The molecule has 0 aliphatic carbocycles. The smallest absolute Gasteiger partial charge is 0.209 e. The van der Waals surface area contributed by atoms with Gasteiger partial charge in [0, 0.05) is 12.1 Å². The molecule has 154 valence electrons. The van der Waals surface area contributed by atoms with Crippen molar-refractivity contribution in [3.8, 4) is 5.75 Å². The van der Waals surface area contributed by atoms with Crippen LogP contribution < -0.4 is 14.5 Å². The van der Waals surface area contributed by atoms with Crippen LogP contribution in [-0.2, 0) is 5.54 Å². The molecule has 1 saturated heterocycles. The summed E-state index contributed by atoms with van der Waals surface area (Å²) in [5.41, 5.74) is 1.15. The van der Waals surface area contributed by atoms with Gasteiger partial charge in [0.1, 0.15) is 5.75 Å². The van der Waals surface area contributed by atoms with E-state index < -0.39 is 0 Å². The van der Waals surface area contributed by atoms with Crippen LogP contribution in [0.5, 0.6) is 5.75 Å². The molecule has 1 N–H and O–H groups in total. The van der Waals surface area contributed by atoms with Gasteiger partial charge in [-0.1, -0.05) is 13.8 Å². The summed E-state index contributed by atoms with van der Waals surface area (Å²) in [6.45, 7) is 15.3. The van der Waals surface area contributed by atoms with Gasteiger partial charge in [-0.05, 0) is 61.4 Å². The van der Waals surface area contributed by atoms with E-state index in [-0.39, 0.29) is 5.54 Å². The van der Waals surface area contributed by atoms with Crippen LogP contribution in [0, 0.1) is 5.92 Å². The molecule has 1 aromatic heterocycles. The average Bonchev–Trinajstić information content (AvgIpc) is 3.16. The second kappa shape index (κ2) is 8.47. The van der Waals surface area contributed by atoms with Gasteiger partial charge in [0.05, 0.1) is 38.8 Å². The second-order valence-corrected chi connectivity index (χ2v) is 9.15. The maximum Gasteiger partial charge on any atom is 0.209 e. The molecule has 0 bridgehead atoms. The van der Waals surface area contributed by atoms with E-state index in [0.29, 0.717) is 12.0 Å². The van der Waals surface area contributed by atoms with E-state index in [0.717, 1.165) is 44.2 Å². The van der Waals surface area contributed by atoms with E-state index in [1.54, 1.807) is 12.0 Å². The molecular weight excluding hydrogens is 352 g/mol. The van der Waals surface area contributed by atoms with Gasteiger partial charge in [0.15, 0.2) is 6.04 Å². The third-order valence-corrected chi connectivity index (χ3v) is 5.48. The standard InChI is InChI=1S/C21H34N6O/c1-16(2)15-19(20-22-23-24-27(20)21(3,4)5)26-13-11-25(12-14-26)17-7-9-18(28-6)10-8-17/h7-10,16,19H,11-15H2,1-6H3/p+1/t19-/m1/s1. The number of hydrogen-bond donors (Lipinski definition) is 1. The first-order valence-electron chi connectivity index (χ1n) is 10.3. The molecule has 1 aromatic carbocycles. The molecule has 0 amide bonds. The molecule has 3 rings (SSSR count). The van der Waals surface area contributed by atoms with E-state index in [2.05, 4.69) is 67.2 Å². The minimum Gasteiger partial charge on any atom is -0.497 e. The predicted molar refractivity (Wildman–Crippen MR) is 111 cm³/mol. The summed E-state index contributed by atoms with van der Waals surface area (Å²) in [6.07, 6.45) is 1.09. The maximum atomic E-state index is 5.28. The maximum absolute atomic E-state index is 5.28. The highest BCUT2D eigenvalue weighted by molar-refractivity contribution is 5.49. The van der Waals surface area contributed by atoms with Crippen LogP contribution in [0.4, 0.5) is 5.69 Å². The molecule has 0 saturated carbocycles. The summed E-state index contributed by atoms with van der Waals surface area (Å²) in [4.78, 5) is 4.04. The fraction of sp³-hybridized carbons (Fsp3) is 0.667. The summed E-state index contributed by atoms with van der Waals surface area (Å²) in [5.74, 6) is 2.52. The average molecular weight is 388 g/mol. The van der Waals surface area contributed by atoms with Crippen LogP contribution in [-0.4, -0.2) is 53.5 Å². The van der Waals surface area contributed by atoms with Crippen LogP contribution in [0.15, 0.2) is 24.3 Å². The molecule has 2 aromatic rings. The Hall–Kier alpha value is -2.15. The molecule has 1 aliphatic rings. The van der Waals surface area contributed by atoms with E-state index in [9.17, 15) is 0 Å². The summed E-state index contributed by atoms with van der Waals surface area (Å²) in [5, 5.41) is 12.8. The second-order valence-electron chi connectivity index (χ2n) is 9.15. The number of ether oxygens (including phenoxy) is 1. The van der Waals surface area contributed by atoms with Crippen LogP contribution in [0.2, 0.25) is 0 Å². The van der Waals surface area contributed by atoms with Gasteiger partial charge in [-0.3, -0.25) is 0 Å². The van der Waals surface area contributed by atoms with Gasteiger partial charge in [0.25, 0.3) is 0 Å². The van der Waals surface area contributed by atoms with Crippen LogP contribution in [0.1, 0.15) is 52.9 Å². The van der Waals surface area contributed by atoms with Crippen molar-refractivity contribution in [2.24, 2.45) is 5.92 Å². The number of nitrogens with one attached hydrogen (secondary N) is 1. The van der Waals surface area contributed by atoms with Crippen molar-refractivity contribution in [3.05, 3.63) is 30.1 Å². The SMILES string of the molecule is COc1ccc(N2CC[NH+]([C@H](CC(C)C)c3nnnn3C(C)(C)C)CC2)cc1. The molecule has 1 aliphatic heterocycles. The Balaban J connectivity index is 1.74. The predicted octanol–water partition coefficient (Wildman–Crippen LogP) is 1.93. The number of rotatable bonds is 6. The topological polar surface area (TPSA) is 60.5 Å². The van der Waals surface area contributed by atoms with Crippen molar-refractivity contribution >= 4 is 5.69 Å². The fourth-order valence-electron chi connectivity index (χ4n) is 4.01. The van der Waals surface area contributed by atoms with Crippen molar-refractivity contribution in [2.45, 2.75) is 52.6 Å². The monoisotopic (exact) mass is 387 g/mol. The van der Waals surface area contributed by atoms with Gasteiger partial charge in [-0.2, -0.15) is 0 Å². The lowest BCUT2D eigenvalue weighted by molar-refractivity contribution is -0.934. The van der Waals surface area contributed by atoms with Crippen molar-refractivity contribution in [3.63, 3.8) is 0 Å². The van der Waals surface area contributed by atoms with Gasteiger partial charge in [-0.15, -0.1) is 5.10 Å². The molecular formula is C21H35N6O+. The Kier molecular flexibility index (Phi) is 6.23. The van der Waals surface area contributed by atoms with Crippen molar-refractivity contribution in [1.82, 2.24) is 20.2 Å². The Morgan fingerprint density at radius 2 is 1.75 bits per heavy atom. The largest absolute Gasteiger partial charge is 0.497 e. The first kappa shape index (κ1) is 20.6. The van der Waals surface area contributed by atoms with Crippen LogP contribution in [0.25, 0.3) is 0 Å². The highest BCUT2D eigenvalue weighted by Crippen LogP contribution is 2.23. The number of aromatic nitrogens is 4. The van der Waals surface area contributed by atoms with E-state index >= 15 is 0 Å². The highest BCUT2D eigenvalue weighted by Gasteiger charge is 2.35. The molecule has 0 spiro atoms. The van der Waals surface area contributed by atoms with Gasteiger partial charge in [0.2, 0.25) is 5.82 Å². The molecule has 0 radical (unpaired) electrons. The Labute approximate surface area is 168 Å². The quantitative estimate of drug-likeness (QED) is 0.821. The molecule has 1 atom stereocenters. The summed E-state index contributed by atoms with van der Waals surface area (Å²) >= 11 is 0. The number of hydrogen-bond acceptors (Lipinski definition) is 5. The lowest BCUT2D eigenvalue weighted by atomic mass is 9.99. The van der Waals surface area contributed by atoms with Crippen molar-refractivity contribution in [2.75, 3.05) is 38.2 Å². The zero-order valence-corrected chi connectivity index (χ0v) is 18.1. The minimum absolute atomic E-state index is 0.113. The number of nitrogens with zero attached hydrogens (tertiary/aromatic N) is 5. The zero-order valence-electron chi connectivity index (χ0n) is 18.1.